The summed E-state index contributed by atoms with van der Waals surface area (Å²) < 4.78 is 0. The van der Waals surface area contributed by atoms with E-state index in [4.69, 9.17) is 0 Å². The van der Waals surface area contributed by atoms with E-state index in [-0.39, 0.29) is 0 Å². The maximum atomic E-state index is 3.84. The maximum absolute atomic E-state index is 3.84. The summed E-state index contributed by atoms with van der Waals surface area (Å²) >= 11 is 0. The third kappa shape index (κ3) is 5.25. The molecule has 0 bridgehead atoms. The van der Waals surface area contributed by atoms with Crippen molar-refractivity contribution in [1.29, 1.82) is 0 Å². The molecule has 3 atom stereocenters. The van der Waals surface area contributed by atoms with Gasteiger partial charge in [-0.3, -0.25) is 0 Å². The Morgan fingerprint density at radius 1 is 1.10 bits per heavy atom. The van der Waals surface area contributed by atoms with E-state index in [9.17, 15) is 0 Å². The van der Waals surface area contributed by atoms with Crippen molar-refractivity contribution in [3.8, 4) is 0 Å². The average Bonchev–Trinajstić information content (AvgIpc) is 2.41. The first-order valence-electron chi connectivity index (χ1n) is 9.52. The topological polar surface area (TPSA) is 15.3 Å². The maximum Gasteiger partial charge on any atom is 0.0108 e. The first kappa shape index (κ1) is 17.3. The quantitative estimate of drug-likeness (QED) is 0.723. The standard InChI is InChI=1S/C19H38N2/c1-5-11-20-19-10-9-17(15(2)3)12-18(19)14-21(4)13-16-7-6-8-16/h15-20H,5-14H2,1-4H3. The predicted octanol–water partition coefficient (Wildman–Crippen LogP) is 4.16. The Bertz CT molecular complexity index is 285. The van der Waals surface area contributed by atoms with Gasteiger partial charge in [-0.05, 0) is 75.8 Å². The van der Waals surface area contributed by atoms with Gasteiger partial charge in [0.25, 0.3) is 0 Å². The van der Waals surface area contributed by atoms with Crippen molar-refractivity contribution < 1.29 is 0 Å². The lowest BCUT2D eigenvalue weighted by atomic mass is 9.73. The first-order valence-corrected chi connectivity index (χ1v) is 9.52. The van der Waals surface area contributed by atoms with E-state index in [0.29, 0.717) is 0 Å². The zero-order valence-electron chi connectivity index (χ0n) is 14.9. The molecule has 2 aliphatic carbocycles. The van der Waals surface area contributed by atoms with Gasteiger partial charge in [-0.1, -0.05) is 27.2 Å². The monoisotopic (exact) mass is 294 g/mol. The number of nitrogens with one attached hydrogen (secondary N) is 1. The molecule has 124 valence electrons. The SMILES string of the molecule is CCCNC1CCC(C(C)C)CC1CN(C)CC1CCC1. The minimum atomic E-state index is 0.767. The Morgan fingerprint density at radius 3 is 2.43 bits per heavy atom. The van der Waals surface area contributed by atoms with Gasteiger partial charge < -0.3 is 10.2 Å². The van der Waals surface area contributed by atoms with Gasteiger partial charge in [0.15, 0.2) is 0 Å². The molecule has 0 aromatic heterocycles. The molecule has 2 fully saturated rings. The molecule has 2 saturated carbocycles. The summed E-state index contributed by atoms with van der Waals surface area (Å²) in [5.74, 6) is 3.67. The predicted molar refractivity (Wildman–Crippen MR) is 92.6 cm³/mol. The van der Waals surface area contributed by atoms with Crippen LogP contribution in [-0.4, -0.2) is 37.6 Å². The molecule has 0 aliphatic heterocycles. The van der Waals surface area contributed by atoms with E-state index in [1.165, 1.54) is 64.6 Å². The molecule has 0 amide bonds. The van der Waals surface area contributed by atoms with Gasteiger partial charge in [0.1, 0.15) is 0 Å². The van der Waals surface area contributed by atoms with Crippen LogP contribution in [0.4, 0.5) is 0 Å². The van der Waals surface area contributed by atoms with Crippen molar-refractivity contribution >= 4 is 0 Å². The third-order valence-corrected chi connectivity index (χ3v) is 5.96. The first-order chi connectivity index (χ1) is 10.1. The molecule has 2 nitrogen and oxygen atoms in total. The van der Waals surface area contributed by atoms with E-state index >= 15 is 0 Å². The van der Waals surface area contributed by atoms with Crippen LogP contribution in [0.15, 0.2) is 0 Å². The zero-order chi connectivity index (χ0) is 15.2. The smallest absolute Gasteiger partial charge is 0.0108 e. The normalized spacial score (nSPS) is 30.9. The van der Waals surface area contributed by atoms with Crippen molar-refractivity contribution in [3.63, 3.8) is 0 Å². The summed E-state index contributed by atoms with van der Waals surface area (Å²) in [6.07, 6.45) is 9.94. The molecule has 0 radical (unpaired) electrons. The minimum absolute atomic E-state index is 0.767. The van der Waals surface area contributed by atoms with Crippen molar-refractivity contribution in [3.05, 3.63) is 0 Å². The number of rotatable bonds is 8. The summed E-state index contributed by atoms with van der Waals surface area (Å²) in [5, 5.41) is 3.84. The second-order valence-corrected chi connectivity index (χ2v) is 8.16. The Labute approximate surface area is 133 Å². The average molecular weight is 295 g/mol. The fraction of sp³-hybridized carbons (Fsp3) is 1.00. The number of hydrogen-bond donors (Lipinski definition) is 1. The summed E-state index contributed by atoms with van der Waals surface area (Å²) in [5.41, 5.74) is 0. The van der Waals surface area contributed by atoms with Crippen LogP contribution in [-0.2, 0) is 0 Å². The fourth-order valence-electron chi connectivity index (χ4n) is 4.30. The molecule has 3 unspecified atom stereocenters. The van der Waals surface area contributed by atoms with Gasteiger partial charge in [0, 0.05) is 19.1 Å². The molecule has 21 heavy (non-hydrogen) atoms. The molecule has 1 N–H and O–H groups in total. The lowest BCUT2D eigenvalue weighted by Gasteiger charge is -2.41. The van der Waals surface area contributed by atoms with E-state index in [0.717, 1.165) is 29.7 Å². The molecule has 2 aliphatic rings. The van der Waals surface area contributed by atoms with Crippen LogP contribution in [0, 0.1) is 23.7 Å². The van der Waals surface area contributed by atoms with E-state index in [1.807, 2.05) is 0 Å². The Hall–Kier alpha value is -0.0800. The van der Waals surface area contributed by atoms with Crippen LogP contribution < -0.4 is 5.32 Å². The molecular formula is C19H38N2. The fourth-order valence-corrected chi connectivity index (χ4v) is 4.30. The van der Waals surface area contributed by atoms with Crippen LogP contribution in [0.1, 0.15) is 65.7 Å². The lowest BCUT2D eigenvalue weighted by molar-refractivity contribution is 0.115. The van der Waals surface area contributed by atoms with Gasteiger partial charge >= 0.3 is 0 Å². The van der Waals surface area contributed by atoms with Crippen LogP contribution in [0.25, 0.3) is 0 Å². The van der Waals surface area contributed by atoms with E-state index < -0.39 is 0 Å². The Morgan fingerprint density at radius 2 is 1.86 bits per heavy atom. The van der Waals surface area contributed by atoms with E-state index in [2.05, 4.69) is 38.0 Å². The van der Waals surface area contributed by atoms with Gasteiger partial charge in [0.2, 0.25) is 0 Å². The lowest BCUT2D eigenvalue weighted by Crippen LogP contribution is -2.47. The number of nitrogens with zero attached hydrogens (tertiary/aromatic N) is 1. The van der Waals surface area contributed by atoms with Gasteiger partial charge in [-0.25, -0.2) is 0 Å². The van der Waals surface area contributed by atoms with Gasteiger partial charge in [0.05, 0.1) is 0 Å². The molecule has 0 spiro atoms. The summed E-state index contributed by atoms with van der Waals surface area (Å²) in [7, 11) is 2.36. The molecule has 2 heteroatoms. The molecule has 0 aromatic carbocycles. The second kappa shape index (κ2) is 8.53. The minimum Gasteiger partial charge on any atom is -0.314 e. The molecular weight excluding hydrogens is 256 g/mol. The van der Waals surface area contributed by atoms with Crippen molar-refractivity contribution in [2.45, 2.75) is 71.8 Å². The highest BCUT2D eigenvalue weighted by molar-refractivity contribution is 4.87. The Balaban J connectivity index is 1.84. The summed E-state index contributed by atoms with van der Waals surface area (Å²) in [4.78, 5) is 2.64. The summed E-state index contributed by atoms with van der Waals surface area (Å²) in [6, 6.07) is 0.767. The highest BCUT2D eigenvalue weighted by atomic mass is 15.1. The largest absolute Gasteiger partial charge is 0.314 e. The van der Waals surface area contributed by atoms with Crippen LogP contribution in [0.2, 0.25) is 0 Å². The van der Waals surface area contributed by atoms with Crippen LogP contribution in [0.5, 0.6) is 0 Å². The third-order valence-electron chi connectivity index (χ3n) is 5.96. The summed E-state index contributed by atoms with van der Waals surface area (Å²) in [6.45, 7) is 11.0. The van der Waals surface area contributed by atoms with Crippen molar-refractivity contribution in [2.24, 2.45) is 23.7 Å². The molecule has 0 heterocycles. The number of hydrogen-bond acceptors (Lipinski definition) is 2. The molecule has 0 aromatic rings. The van der Waals surface area contributed by atoms with Crippen molar-refractivity contribution in [2.75, 3.05) is 26.7 Å². The highest BCUT2D eigenvalue weighted by Crippen LogP contribution is 2.35. The zero-order valence-corrected chi connectivity index (χ0v) is 14.9. The molecule has 2 rings (SSSR count). The van der Waals surface area contributed by atoms with Crippen LogP contribution >= 0.6 is 0 Å². The molecule has 0 saturated heterocycles. The van der Waals surface area contributed by atoms with Crippen molar-refractivity contribution in [1.82, 2.24) is 10.2 Å². The highest BCUT2D eigenvalue weighted by Gasteiger charge is 2.32. The van der Waals surface area contributed by atoms with Gasteiger partial charge in [-0.15, -0.1) is 0 Å². The van der Waals surface area contributed by atoms with Gasteiger partial charge in [-0.2, -0.15) is 0 Å². The second-order valence-electron chi connectivity index (χ2n) is 8.16. The van der Waals surface area contributed by atoms with Crippen LogP contribution in [0.3, 0.4) is 0 Å². The van der Waals surface area contributed by atoms with E-state index in [1.54, 1.807) is 0 Å². The Kier molecular flexibility index (Phi) is 7.01.